The average Bonchev–Trinajstić information content (AvgIpc) is 2.52. The summed E-state index contributed by atoms with van der Waals surface area (Å²) in [5.41, 5.74) is 0.767. The zero-order valence-corrected chi connectivity index (χ0v) is 14.4. The Hall–Kier alpha value is -2.41. The summed E-state index contributed by atoms with van der Waals surface area (Å²) in [6.45, 7) is 0.183. The lowest BCUT2D eigenvalue weighted by molar-refractivity contribution is 0.0781. The van der Waals surface area contributed by atoms with Gasteiger partial charge in [-0.1, -0.05) is 12.1 Å². The molecule has 0 fully saturated rings. The van der Waals surface area contributed by atoms with Crippen LogP contribution in [-0.2, 0) is 16.4 Å². The lowest BCUT2D eigenvalue weighted by Crippen LogP contribution is -2.27. The Balaban J connectivity index is 2.33. The van der Waals surface area contributed by atoms with Gasteiger partial charge in [0.25, 0.3) is 5.91 Å². The highest BCUT2D eigenvalue weighted by Crippen LogP contribution is 2.24. The normalized spacial score (nSPS) is 11.2. The molecular weight excluding hydrogens is 333 g/mol. The zero-order chi connectivity index (χ0) is 17.9. The third-order valence-electron chi connectivity index (χ3n) is 3.48. The molecule has 0 aliphatic rings. The maximum absolute atomic E-state index is 13.3. The highest BCUT2D eigenvalue weighted by atomic mass is 32.2. The fourth-order valence-corrected chi connectivity index (χ4v) is 2.92. The number of ether oxygens (including phenoxy) is 1. The first-order valence-electron chi connectivity index (χ1n) is 7.10. The molecule has 7 heteroatoms. The standard InChI is InChI=1S/C17H18FNO4S/c1-19(11-12-5-4-6-13(18)9-12)17(20)15-10-14(24(3,21)22)7-8-16(15)23-2/h4-10H,11H2,1-3H3. The summed E-state index contributed by atoms with van der Waals surface area (Å²) in [5, 5.41) is 0. The van der Waals surface area contributed by atoms with Gasteiger partial charge in [0.05, 0.1) is 17.6 Å². The molecule has 0 unspecified atom stereocenters. The average molecular weight is 351 g/mol. The Kier molecular flexibility index (Phi) is 5.23. The second-order valence-electron chi connectivity index (χ2n) is 5.43. The van der Waals surface area contributed by atoms with Gasteiger partial charge in [0, 0.05) is 19.8 Å². The number of nitrogens with zero attached hydrogens (tertiary/aromatic N) is 1. The summed E-state index contributed by atoms with van der Waals surface area (Å²) >= 11 is 0. The summed E-state index contributed by atoms with van der Waals surface area (Å²) in [6.07, 6.45) is 1.07. The molecule has 0 aromatic heterocycles. The van der Waals surface area contributed by atoms with Crippen LogP contribution < -0.4 is 4.74 Å². The van der Waals surface area contributed by atoms with Crippen molar-refractivity contribution in [3.63, 3.8) is 0 Å². The number of methoxy groups -OCH3 is 1. The second kappa shape index (κ2) is 7.00. The van der Waals surface area contributed by atoms with Crippen molar-refractivity contribution in [3.05, 3.63) is 59.4 Å². The van der Waals surface area contributed by atoms with Crippen LogP contribution in [-0.4, -0.2) is 39.6 Å². The number of carbonyl (C=O) groups is 1. The molecule has 0 atom stereocenters. The quantitative estimate of drug-likeness (QED) is 0.830. The van der Waals surface area contributed by atoms with E-state index in [0.29, 0.717) is 5.56 Å². The molecule has 0 radical (unpaired) electrons. The number of amides is 1. The Morgan fingerprint density at radius 1 is 1.21 bits per heavy atom. The van der Waals surface area contributed by atoms with E-state index < -0.39 is 15.7 Å². The van der Waals surface area contributed by atoms with E-state index in [4.69, 9.17) is 4.74 Å². The van der Waals surface area contributed by atoms with Crippen LogP contribution in [0.25, 0.3) is 0 Å². The molecule has 2 aromatic rings. The minimum absolute atomic E-state index is 0.0332. The molecule has 128 valence electrons. The molecule has 5 nitrogen and oxygen atoms in total. The molecule has 0 N–H and O–H groups in total. The van der Waals surface area contributed by atoms with Crippen LogP contribution in [0.1, 0.15) is 15.9 Å². The fourth-order valence-electron chi connectivity index (χ4n) is 2.27. The number of carbonyl (C=O) groups excluding carboxylic acids is 1. The summed E-state index contributed by atoms with van der Waals surface area (Å²) < 4.78 is 41.8. The van der Waals surface area contributed by atoms with Crippen LogP contribution in [0.3, 0.4) is 0 Å². The maximum atomic E-state index is 13.3. The molecule has 0 bridgehead atoms. The van der Waals surface area contributed by atoms with Crippen molar-refractivity contribution < 1.29 is 22.3 Å². The van der Waals surface area contributed by atoms with E-state index in [-0.39, 0.29) is 28.6 Å². The molecule has 0 heterocycles. The van der Waals surface area contributed by atoms with E-state index in [9.17, 15) is 17.6 Å². The van der Waals surface area contributed by atoms with Crippen molar-refractivity contribution in [2.45, 2.75) is 11.4 Å². The van der Waals surface area contributed by atoms with E-state index in [1.165, 1.54) is 42.3 Å². The molecule has 0 aliphatic carbocycles. The third-order valence-corrected chi connectivity index (χ3v) is 4.60. The van der Waals surface area contributed by atoms with Gasteiger partial charge < -0.3 is 9.64 Å². The van der Waals surface area contributed by atoms with Crippen molar-refractivity contribution in [3.8, 4) is 5.75 Å². The third kappa shape index (κ3) is 4.11. The number of sulfone groups is 1. The Bertz CT molecular complexity index is 865. The Labute approximate surface area is 140 Å². The predicted octanol–water partition coefficient (Wildman–Crippen LogP) is 2.51. The minimum atomic E-state index is -3.45. The summed E-state index contributed by atoms with van der Waals surface area (Å²) in [4.78, 5) is 14.1. The highest BCUT2D eigenvalue weighted by molar-refractivity contribution is 7.90. The van der Waals surface area contributed by atoms with Gasteiger partial charge in [-0.15, -0.1) is 0 Å². The lowest BCUT2D eigenvalue weighted by Gasteiger charge is -2.19. The second-order valence-corrected chi connectivity index (χ2v) is 7.44. The van der Waals surface area contributed by atoms with Crippen molar-refractivity contribution in [1.82, 2.24) is 4.90 Å². The number of benzene rings is 2. The van der Waals surface area contributed by atoms with Gasteiger partial charge in [-0.3, -0.25) is 4.79 Å². The molecule has 2 rings (SSSR count). The molecule has 24 heavy (non-hydrogen) atoms. The number of rotatable bonds is 5. The first kappa shape index (κ1) is 17.9. The van der Waals surface area contributed by atoms with Gasteiger partial charge in [-0.25, -0.2) is 12.8 Å². The Morgan fingerprint density at radius 2 is 1.92 bits per heavy atom. The molecule has 0 spiro atoms. The van der Waals surface area contributed by atoms with E-state index >= 15 is 0 Å². The van der Waals surface area contributed by atoms with Gasteiger partial charge in [0.15, 0.2) is 9.84 Å². The van der Waals surface area contributed by atoms with Crippen LogP contribution in [0.15, 0.2) is 47.4 Å². The van der Waals surface area contributed by atoms with Gasteiger partial charge in [-0.05, 0) is 35.9 Å². The SMILES string of the molecule is COc1ccc(S(C)(=O)=O)cc1C(=O)N(C)Cc1cccc(F)c1. The molecule has 0 aliphatic heterocycles. The van der Waals surface area contributed by atoms with E-state index in [0.717, 1.165) is 6.26 Å². The summed E-state index contributed by atoms with van der Waals surface area (Å²) in [7, 11) is -0.493. The number of hydrogen-bond donors (Lipinski definition) is 0. The largest absolute Gasteiger partial charge is 0.496 e. The van der Waals surface area contributed by atoms with Crippen LogP contribution >= 0.6 is 0 Å². The van der Waals surface area contributed by atoms with E-state index in [2.05, 4.69) is 0 Å². The van der Waals surface area contributed by atoms with E-state index in [1.807, 2.05) is 0 Å². The summed E-state index contributed by atoms with van der Waals surface area (Å²) in [6, 6.07) is 10.1. The van der Waals surface area contributed by atoms with Gasteiger partial charge in [-0.2, -0.15) is 0 Å². The number of halogens is 1. The van der Waals surface area contributed by atoms with Gasteiger partial charge in [0.1, 0.15) is 11.6 Å². The van der Waals surface area contributed by atoms with Crippen molar-refractivity contribution >= 4 is 15.7 Å². The topological polar surface area (TPSA) is 63.7 Å². The molecule has 0 saturated heterocycles. The lowest BCUT2D eigenvalue weighted by atomic mass is 10.1. The van der Waals surface area contributed by atoms with Crippen molar-refractivity contribution in [2.75, 3.05) is 20.4 Å². The monoisotopic (exact) mass is 351 g/mol. The van der Waals surface area contributed by atoms with Crippen LogP contribution in [0, 0.1) is 5.82 Å². The van der Waals surface area contributed by atoms with Gasteiger partial charge in [0.2, 0.25) is 0 Å². The molecule has 2 aromatic carbocycles. The maximum Gasteiger partial charge on any atom is 0.257 e. The molecule has 0 saturated carbocycles. The zero-order valence-electron chi connectivity index (χ0n) is 13.6. The molecular formula is C17H18FNO4S. The first-order chi connectivity index (χ1) is 11.2. The van der Waals surface area contributed by atoms with E-state index in [1.54, 1.807) is 19.2 Å². The van der Waals surface area contributed by atoms with Crippen LogP contribution in [0.5, 0.6) is 5.75 Å². The molecule has 1 amide bonds. The minimum Gasteiger partial charge on any atom is -0.496 e. The van der Waals surface area contributed by atoms with Crippen molar-refractivity contribution in [2.24, 2.45) is 0 Å². The first-order valence-corrected chi connectivity index (χ1v) is 8.99. The van der Waals surface area contributed by atoms with Gasteiger partial charge >= 0.3 is 0 Å². The van der Waals surface area contributed by atoms with Crippen LogP contribution in [0.2, 0.25) is 0 Å². The fraction of sp³-hybridized carbons (Fsp3) is 0.235. The highest BCUT2D eigenvalue weighted by Gasteiger charge is 2.20. The van der Waals surface area contributed by atoms with Crippen molar-refractivity contribution in [1.29, 1.82) is 0 Å². The Morgan fingerprint density at radius 3 is 2.50 bits per heavy atom. The smallest absolute Gasteiger partial charge is 0.257 e. The summed E-state index contributed by atoms with van der Waals surface area (Å²) in [5.74, 6) is -0.523. The number of hydrogen-bond acceptors (Lipinski definition) is 4. The predicted molar refractivity (Wildman–Crippen MR) is 88.3 cm³/mol. The van der Waals surface area contributed by atoms with Crippen LogP contribution in [0.4, 0.5) is 4.39 Å².